The van der Waals surface area contributed by atoms with E-state index in [0.717, 1.165) is 12.1 Å². The van der Waals surface area contributed by atoms with Crippen molar-refractivity contribution in [2.75, 3.05) is 0 Å². The van der Waals surface area contributed by atoms with Gasteiger partial charge in [0.05, 0.1) is 6.04 Å². The minimum absolute atomic E-state index is 0.593. The van der Waals surface area contributed by atoms with Crippen molar-refractivity contribution in [1.29, 1.82) is 0 Å². The van der Waals surface area contributed by atoms with Crippen molar-refractivity contribution in [3.8, 4) is 5.75 Å². The van der Waals surface area contributed by atoms with Crippen LogP contribution >= 0.6 is 0 Å². The summed E-state index contributed by atoms with van der Waals surface area (Å²) in [6.07, 6.45) is -5.01. The number of benzene rings is 3. The molecule has 1 N–H and O–H groups in total. The standard InChI is InChI=1S/C20H16F3NO3S/c21-20(22,23)27-17-13-7-8-14-18(17)28(25,26)24-19(15-9-3-1-4-10-15)16-11-5-2-6-12-16/h1-14,19,24H. The number of ether oxygens (including phenoxy) is 1. The van der Waals surface area contributed by atoms with Gasteiger partial charge in [0.1, 0.15) is 10.6 Å². The van der Waals surface area contributed by atoms with Gasteiger partial charge in [-0.3, -0.25) is 0 Å². The molecular weight excluding hydrogens is 391 g/mol. The largest absolute Gasteiger partial charge is 0.573 e. The van der Waals surface area contributed by atoms with E-state index in [-0.39, 0.29) is 0 Å². The first kappa shape index (κ1) is 19.9. The zero-order chi connectivity index (χ0) is 20.2. The highest BCUT2D eigenvalue weighted by atomic mass is 32.2. The minimum atomic E-state index is -5.01. The minimum Gasteiger partial charge on any atom is -0.404 e. The van der Waals surface area contributed by atoms with E-state index in [1.54, 1.807) is 60.7 Å². The summed E-state index contributed by atoms with van der Waals surface area (Å²) in [4.78, 5) is -0.593. The Morgan fingerprint density at radius 2 is 1.21 bits per heavy atom. The molecule has 0 saturated carbocycles. The number of rotatable bonds is 6. The molecule has 3 aromatic rings. The second kappa shape index (κ2) is 8.04. The molecule has 0 amide bonds. The molecule has 0 aliphatic carbocycles. The van der Waals surface area contributed by atoms with Crippen molar-refractivity contribution in [3.05, 3.63) is 96.1 Å². The van der Waals surface area contributed by atoms with E-state index in [0.29, 0.717) is 11.1 Å². The van der Waals surface area contributed by atoms with Gasteiger partial charge in [-0.05, 0) is 23.3 Å². The Morgan fingerprint density at radius 3 is 1.71 bits per heavy atom. The molecule has 3 rings (SSSR count). The molecule has 0 heterocycles. The van der Waals surface area contributed by atoms with Gasteiger partial charge in [0.2, 0.25) is 10.0 Å². The summed E-state index contributed by atoms with van der Waals surface area (Å²) >= 11 is 0. The van der Waals surface area contributed by atoms with Crippen molar-refractivity contribution >= 4 is 10.0 Å². The summed E-state index contributed by atoms with van der Waals surface area (Å²) in [6, 6.07) is 21.3. The second-order valence-corrected chi connectivity index (χ2v) is 7.55. The van der Waals surface area contributed by atoms with Crippen LogP contribution in [0.5, 0.6) is 5.75 Å². The summed E-state index contributed by atoms with van der Waals surface area (Å²) in [5, 5.41) is 0. The maximum atomic E-state index is 12.9. The van der Waals surface area contributed by atoms with Gasteiger partial charge >= 0.3 is 6.36 Å². The monoisotopic (exact) mass is 407 g/mol. The van der Waals surface area contributed by atoms with Crippen LogP contribution < -0.4 is 9.46 Å². The van der Waals surface area contributed by atoms with Crippen LogP contribution in [0, 0.1) is 0 Å². The zero-order valence-corrected chi connectivity index (χ0v) is 15.2. The maximum Gasteiger partial charge on any atom is 0.573 e. The van der Waals surface area contributed by atoms with Gasteiger partial charge in [-0.15, -0.1) is 13.2 Å². The first-order valence-corrected chi connectivity index (χ1v) is 9.71. The Morgan fingerprint density at radius 1 is 0.750 bits per heavy atom. The Bertz CT molecular complexity index is 984. The van der Waals surface area contributed by atoms with Crippen molar-refractivity contribution in [3.63, 3.8) is 0 Å². The summed E-state index contributed by atoms with van der Waals surface area (Å²) in [5.74, 6) is -0.789. The van der Waals surface area contributed by atoms with Gasteiger partial charge in [0.25, 0.3) is 0 Å². The fourth-order valence-corrected chi connectivity index (χ4v) is 4.06. The molecule has 8 heteroatoms. The molecule has 0 atom stereocenters. The van der Waals surface area contributed by atoms with Gasteiger partial charge in [0, 0.05) is 0 Å². The van der Waals surface area contributed by atoms with E-state index in [9.17, 15) is 21.6 Å². The molecule has 0 fully saturated rings. The average molecular weight is 407 g/mol. The topological polar surface area (TPSA) is 55.4 Å². The zero-order valence-electron chi connectivity index (χ0n) is 14.4. The lowest BCUT2D eigenvalue weighted by Crippen LogP contribution is -2.30. The number of nitrogens with one attached hydrogen (secondary N) is 1. The quantitative estimate of drug-likeness (QED) is 0.647. The number of hydrogen-bond acceptors (Lipinski definition) is 3. The highest BCUT2D eigenvalue weighted by molar-refractivity contribution is 7.89. The van der Waals surface area contributed by atoms with Gasteiger partial charge in [-0.25, -0.2) is 8.42 Å². The summed E-state index contributed by atoms with van der Waals surface area (Å²) in [6.45, 7) is 0. The predicted molar refractivity (Wildman–Crippen MR) is 98.2 cm³/mol. The van der Waals surface area contributed by atoms with Crippen molar-refractivity contribution in [2.45, 2.75) is 17.3 Å². The summed E-state index contributed by atoms with van der Waals surface area (Å²) in [5.41, 5.74) is 1.29. The number of alkyl halides is 3. The molecule has 0 bridgehead atoms. The molecular formula is C20H16F3NO3S. The SMILES string of the molecule is O=S(=O)(NC(c1ccccc1)c1ccccc1)c1ccccc1OC(F)(F)F. The van der Waals surface area contributed by atoms with Gasteiger partial charge in [0.15, 0.2) is 0 Å². The second-order valence-electron chi connectivity index (χ2n) is 5.87. The Hall–Kier alpha value is -2.84. The van der Waals surface area contributed by atoms with E-state index in [4.69, 9.17) is 0 Å². The van der Waals surface area contributed by atoms with Crippen LogP contribution in [0.3, 0.4) is 0 Å². The van der Waals surface area contributed by atoms with E-state index in [1.165, 1.54) is 12.1 Å². The van der Waals surface area contributed by atoms with Crippen LogP contribution in [-0.2, 0) is 10.0 Å². The van der Waals surface area contributed by atoms with Crippen LogP contribution in [0.15, 0.2) is 89.8 Å². The average Bonchev–Trinajstić information content (AvgIpc) is 2.67. The third kappa shape index (κ3) is 4.90. The smallest absolute Gasteiger partial charge is 0.404 e. The fraction of sp³-hybridized carbons (Fsp3) is 0.100. The van der Waals surface area contributed by atoms with E-state index in [2.05, 4.69) is 9.46 Å². The highest BCUT2D eigenvalue weighted by Crippen LogP contribution is 2.31. The summed E-state index contributed by atoms with van der Waals surface area (Å²) in [7, 11) is -4.33. The molecule has 0 unspecified atom stereocenters. The van der Waals surface area contributed by atoms with Gasteiger partial charge in [-0.1, -0.05) is 72.8 Å². The lowest BCUT2D eigenvalue weighted by Gasteiger charge is -2.21. The van der Waals surface area contributed by atoms with Crippen LogP contribution in [0.25, 0.3) is 0 Å². The molecule has 28 heavy (non-hydrogen) atoms. The fourth-order valence-electron chi connectivity index (χ4n) is 2.72. The van der Waals surface area contributed by atoms with Gasteiger partial charge < -0.3 is 4.74 Å². The van der Waals surface area contributed by atoms with E-state index in [1.807, 2.05) is 0 Å². The van der Waals surface area contributed by atoms with E-state index < -0.39 is 33.1 Å². The molecule has 0 saturated heterocycles. The highest BCUT2D eigenvalue weighted by Gasteiger charge is 2.34. The molecule has 0 spiro atoms. The van der Waals surface area contributed by atoms with Crippen molar-refractivity contribution in [2.24, 2.45) is 0 Å². The number of halogens is 3. The molecule has 3 aromatic carbocycles. The molecule has 0 radical (unpaired) electrons. The molecule has 0 aliphatic heterocycles. The van der Waals surface area contributed by atoms with Crippen molar-refractivity contribution < 1.29 is 26.3 Å². The van der Waals surface area contributed by atoms with Crippen LogP contribution in [0.4, 0.5) is 13.2 Å². The Balaban J connectivity index is 2.02. The molecule has 4 nitrogen and oxygen atoms in total. The Kier molecular flexibility index (Phi) is 5.71. The number of hydrogen-bond donors (Lipinski definition) is 1. The lowest BCUT2D eigenvalue weighted by molar-refractivity contribution is -0.275. The third-order valence-electron chi connectivity index (χ3n) is 3.90. The van der Waals surface area contributed by atoms with Crippen molar-refractivity contribution in [1.82, 2.24) is 4.72 Å². The normalized spacial score (nSPS) is 12.1. The Labute approximate surface area is 160 Å². The maximum absolute atomic E-state index is 12.9. The third-order valence-corrected chi connectivity index (χ3v) is 5.37. The summed E-state index contributed by atoms with van der Waals surface area (Å²) < 4.78 is 70.3. The van der Waals surface area contributed by atoms with Crippen LogP contribution in [0.2, 0.25) is 0 Å². The van der Waals surface area contributed by atoms with Crippen LogP contribution in [0.1, 0.15) is 17.2 Å². The van der Waals surface area contributed by atoms with Crippen LogP contribution in [-0.4, -0.2) is 14.8 Å². The first-order chi connectivity index (χ1) is 13.3. The number of sulfonamides is 1. The van der Waals surface area contributed by atoms with Gasteiger partial charge in [-0.2, -0.15) is 4.72 Å². The van der Waals surface area contributed by atoms with E-state index >= 15 is 0 Å². The first-order valence-electron chi connectivity index (χ1n) is 8.23. The molecule has 146 valence electrons. The predicted octanol–water partition coefficient (Wildman–Crippen LogP) is 4.65. The number of para-hydroxylation sites is 1. The molecule has 0 aromatic heterocycles. The lowest BCUT2D eigenvalue weighted by atomic mass is 10.00. The molecule has 0 aliphatic rings.